The Balaban J connectivity index is 2.34. The molecule has 84 valence electrons. The van der Waals surface area contributed by atoms with Crippen molar-refractivity contribution in [1.29, 1.82) is 0 Å². The second-order valence-electron chi connectivity index (χ2n) is 4.17. The van der Waals surface area contributed by atoms with Gasteiger partial charge in [0, 0.05) is 11.8 Å². The van der Waals surface area contributed by atoms with E-state index in [0.717, 1.165) is 29.4 Å². The Morgan fingerprint density at radius 2 is 1.88 bits per heavy atom. The van der Waals surface area contributed by atoms with Crippen LogP contribution in [0.5, 0.6) is 0 Å². The summed E-state index contributed by atoms with van der Waals surface area (Å²) in [7, 11) is 0. The molecule has 2 heteroatoms. The van der Waals surface area contributed by atoms with Crippen LogP contribution >= 0.6 is 0 Å². The fourth-order valence-electron chi connectivity index (χ4n) is 2.22. The van der Waals surface area contributed by atoms with Gasteiger partial charge in [0.1, 0.15) is 0 Å². The summed E-state index contributed by atoms with van der Waals surface area (Å²) in [5.41, 5.74) is 1.98. The molecule has 0 bridgehead atoms. The van der Waals surface area contributed by atoms with E-state index in [-0.39, 0.29) is 5.56 Å². The third-order valence-corrected chi connectivity index (χ3v) is 3.04. The van der Waals surface area contributed by atoms with Crippen LogP contribution in [-0.4, -0.2) is 4.57 Å². The Morgan fingerprint density at radius 1 is 1.00 bits per heavy atom. The van der Waals surface area contributed by atoms with E-state index in [9.17, 15) is 4.79 Å². The highest BCUT2D eigenvalue weighted by molar-refractivity contribution is 5.83. The Bertz CT molecular complexity index is 677. The van der Waals surface area contributed by atoms with Crippen LogP contribution in [0, 0.1) is 0 Å². The lowest BCUT2D eigenvalue weighted by Crippen LogP contribution is -2.18. The van der Waals surface area contributed by atoms with Gasteiger partial charge in [-0.15, -0.1) is 0 Å². The summed E-state index contributed by atoms with van der Waals surface area (Å²) in [4.78, 5) is 12.0. The Labute approximate surface area is 99.5 Å². The van der Waals surface area contributed by atoms with Crippen molar-refractivity contribution >= 4 is 16.6 Å². The monoisotopic (exact) mass is 223 g/mol. The molecule has 2 nitrogen and oxygen atoms in total. The molecule has 0 spiro atoms. The van der Waals surface area contributed by atoms with E-state index in [1.165, 1.54) is 0 Å². The minimum absolute atomic E-state index is 0.0292. The van der Waals surface area contributed by atoms with E-state index in [4.69, 9.17) is 0 Å². The van der Waals surface area contributed by atoms with Gasteiger partial charge in [0.2, 0.25) is 0 Å². The van der Waals surface area contributed by atoms with Crippen LogP contribution < -0.4 is 5.56 Å². The molecule has 0 saturated heterocycles. The van der Waals surface area contributed by atoms with Gasteiger partial charge in [-0.3, -0.25) is 9.36 Å². The fourth-order valence-corrected chi connectivity index (χ4v) is 2.22. The van der Waals surface area contributed by atoms with E-state index in [2.05, 4.69) is 12.2 Å². The van der Waals surface area contributed by atoms with Crippen molar-refractivity contribution in [3.05, 3.63) is 65.0 Å². The molecular weight excluding hydrogens is 210 g/mol. The summed E-state index contributed by atoms with van der Waals surface area (Å²) in [6, 6.07) is 11.5. The van der Waals surface area contributed by atoms with Gasteiger partial charge in [0.25, 0.3) is 5.56 Å². The number of hydrogen-bond acceptors (Lipinski definition) is 1. The second-order valence-corrected chi connectivity index (χ2v) is 4.17. The fraction of sp³-hybridized carbons (Fsp3) is 0.133. The molecule has 1 aliphatic carbocycles. The Kier molecular flexibility index (Phi) is 2.41. The van der Waals surface area contributed by atoms with Gasteiger partial charge < -0.3 is 0 Å². The minimum Gasteiger partial charge on any atom is -0.277 e. The number of pyridine rings is 1. The lowest BCUT2D eigenvalue weighted by atomic mass is 10.1. The van der Waals surface area contributed by atoms with Crippen molar-refractivity contribution in [2.24, 2.45) is 0 Å². The largest absolute Gasteiger partial charge is 0.277 e. The molecular formula is C15H13NO. The lowest BCUT2D eigenvalue weighted by Gasteiger charge is -2.13. The molecule has 0 unspecified atom stereocenters. The maximum atomic E-state index is 12.0. The van der Waals surface area contributed by atoms with Crippen LogP contribution in [0.3, 0.4) is 0 Å². The number of fused-ring (bicyclic) bond motifs is 1. The SMILES string of the molecule is O=c1ccc2ccccc2n1C1=CCCC=C1. The minimum atomic E-state index is 0.0292. The summed E-state index contributed by atoms with van der Waals surface area (Å²) in [5, 5.41) is 1.09. The van der Waals surface area contributed by atoms with Gasteiger partial charge in [-0.05, 0) is 36.4 Å². The Hall–Kier alpha value is -2.09. The predicted octanol–water partition coefficient (Wildman–Crippen LogP) is 3.19. The molecule has 3 rings (SSSR count). The molecule has 0 radical (unpaired) electrons. The van der Waals surface area contributed by atoms with Gasteiger partial charge >= 0.3 is 0 Å². The number of nitrogens with zero attached hydrogens (tertiary/aromatic N) is 1. The average Bonchev–Trinajstić information content (AvgIpc) is 2.39. The normalized spacial score (nSPS) is 14.9. The van der Waals surface area contributed by atoms with Gasteiger partial charge in [-0.2, -0.15) is 0 Å². The number of rotatable bonds is 1. The van der Waals surface area contributed by atoms with E-state index in [1.54, 1.807) is 10.6 Å². The molecule has 0 N–H and O–H groups in total. The van der Waals surface area contributed by atoms with Crippen molar-refractivity contribution in [1.82, 2.24) is 4.57 Å². The van der Waals surface area contributed by atoms with Gasteiger partial charge in [-0.25, -0.2) is 0 Å². The van der Waals surface area contributed by atoms with Gasteiger partial charge in [0.05, 0.1) is 5.52 Å². The molecule has 0 saturated carbocycles. The van der Waals surface area contributed by atoms with Crippen molar-refractivity contribution in [3.63, 3.8) is 0 Å². The molecule has 0 amide bonds. The molecule has 17 heavy (non-hydrogen) atoms. The smallest absolute Gasteiger partial charge is 0.255 e. The third kappa shape index (κ3) is 1.72. The molecule has 0 fully saturated rings. The summed E-state index contributed by atoms with van der Waals surface area (Å²) in [6.07, 6.45) is 8.32. The molecule has 0 atom stereocenters. The zero-order valence-electron chi connectivity index (χ0n) is 9.47. The number of hydrogen-bond donors (Lipinski definition) is 0. The molecule has 1 aromatic heterocycles. The first-order valence-electron chi connectivity index (χ1n) is 5.84. The highest BCUT2D eigenvalue weighted by Crippen LogP contribution is 2.19. The quantitative estimate of drug-likeness (QED) is 0.727. The maximum absolute atomic E-state index is 12.0. The van der Waals surface area contributed by atoms with Crippen molar-refractivity contribution in [3.8, 4) is 0 Å². The molecule has 1 aliphatic rings. The number of allylic oxidation sites excluding steroid dienone is 4. The summed E-state index contributed by atoms with van der Waals surface area (Å²) in [6.45, 7) is 0. The average molecular weight is 223 g/mol. The number of para-hydroxylation sites is 1. The van der Waals surface area contributed by atoms with Gasteiger partial charge in [0.15, 0.2) is 0 Å². The highest BCUT2D eigenvalue weighted by Gasteiger charge is 2.06. The predicted molar refractivity (Wildman–Crippen MR) is 70.9 cm³/mol. The van der Waals surface area contributed by atoms with Crippen molar-refractivity contribution < 1.29 is 0 Å². The molecule has 1 heterocycles. The molecule has 1 aromatic carbocycles. The van der Waals surface area contributed by atoms with E-state index in [1.807, 2.05) is 36.4 Å². The zero-order valence-corrected chi connectivity index (χ0v) is 9.47. The number of benzene rings is 1. The van der Waals surface area contributed by atoms with Crippen LogP contribution in [0.1, 0.15) is 12.8 Å². The first-order chi connectivity index (χ1) is 8.36. The molecule has 0 aliphatic heterocycles. The van der Waals surface area contributed by atoms with Gasteiger partial charge in [-0.1, -0.05) is 30.4 Å². The Morgan fingerprint density at radius 3 is 2.71 bits per heavy atom. The van der Waals surface area contributed by atoms with E-state index < -0.39 is 0 Å². The maximum Gasteiger partial charge on any atom is 0.255 e. The zero-order chi connectivity index (χ0) is 11.7. The summed E-state index contributed by atoms with van der Waals surface area (Å²) < 4.78 is 1.78. The van der Waals surface area contributed by atoms with Crippen molar-refractivity contribution in [2.75, 3.05) is 0 Å². The first-order valence-corrected chi connectivity index (χ1v) is 5.84. The topological polar surface area (TPSA) is 22.0 Å². The van der Waals surface area contributed by atoms with Crippen LogP contribution in [0.25, 0.3) is 16.6 Å². The number of aromatic nitrogens is 1. The van der Waals surface area contributed by atoms with E-state index in [0.29, 0.717) is 0 Å². The standard InChI is InChI=1S/C15H13NO/c17-15-11-10-12-6-4-5-9-14(12)16(15)13-7-2-1-3-8-13/h2,4-11H,1,3H2. The van der Waals surface area contributed by atoms with Crippen molar-refractivity contribution in [2.45, 2.75) is 12.8 Å². The second kappa shape index (κ2) is 4.06. The molecule has 2 aromatic rings. The third-order valence-electron chi connectivity index (χ3n) is 3.04. The van der Waals surface area contributed by atoms with Crippen LogP contribution in [0.2, 0.25) is 0 Å². The highest BCUT2D eigenvalue weighted by atomic mass is 16.1. The van der Waals surface area contributed by atoms with Crippen LogP contribution in [0.4, 0.5) is 0 Å². The summed E-state index contributed by atoms with van der Waals surface area (Å²) in [5.74, 6) is 0. The van der Waals surface area contributed by atoms with E-state index >= 15 is 0 Å². The van der Waals surface area contributed by atoms with Crippen LogP contribution in [-0.2, 0) is 0 Å². The van der Waals surface area contributed by atoms with Crippen LogP contribution in [0.15, 0.2) is 59.4 Å². The summed E-state index contributed by atoms with van der Waals surface area (Å²) >= 11 is 0. The lowest BCUT2D eigenvalue weighted by molar-refractivity contribution is 0.993. The first kappa shape index (κ1) is 10.1.